The first-order valence-electron chi connectivity index (χ1n) is 11.4. The number of benzene rings is 1. The summed E-state index contributed by atoms with van der Waals surface area (Å²) in [5.74, 6) is 1.81. The smallest absolute Gasteiger partial charge is 0.331 e. The Labute approximate surface area is 187 Å². The molecule has 6 nitrogen and oxygen atoms in total. The highest BCUT2D eigenvalue weighted by molar-refractivity contribution is 5.89. The van der Waals surface area contributed by atoms with E-state index in [9.17, 15) is 4.79 Å². The predicted octanol–water partition coefficient (Wildman–Crippen LogP) is 6.20. The van der Waals surface area contributed by atoms with Crippen molar-refractivity contribution in [3.63, 3.8) is 0 Å². The Morgan fingerprint density at radius 3 is 1.58 bits per heavy atom. The second-order valence-electron chi connectivity index (χ2n) is 8.21. The van der Waals surface area contributed by atoms with Gasteiger partial charge in [-0.05, 0) is 52.5 Å². The summed E-state index contributed by atoms with van der Waals surface area (Å²) in [7, 11) is 0. The molecule has 0 aliphatic rings. The summed E-state index contributed by atoms with van der Waals surface area (Å²) in [5.41, 5.74) is 0.0406. The third-order valence-electron chi connectivity index (χ3n) is 3.82. The molecule has 0 spiro atoms. The van der Waals surface area contributed by atoms with Crippen molar-refractivity contribution < 1.29 is 28.5 Å². The standard InChI is InChI=1S/C25H40O6/c1-8-14-27-20-18-21(28-15-9-2)24(30-17-11-4)19(23(20)29-16-10-3)12-13-22(26)31-25(5,6)7/h12-13,18H,8-11,14-17H2,1-7H3. The van der Waals surface area contributed by atoms with Crippen LogP contribution in [-0.4, -0.2) is 38.0 Å². The lowest BCUT2D eigenvalue weighted by Crippen LogP contribution is -2.22. The first-order chi connectivity index (χ1) is 14.8. The summed E-state index contributed by atoms with van der Waals surface area (Å²) in [6, 6.07) is 1.83. The Kier molecular flexibility index (Phi) is 11.9. The fourth-order valence-corrected chi connectivity index (χ4v) is 2.60. The molecule has 0 fully saturated rings. The SMILES string of the molecule is CCCOc1cc(OCCC)c(OCCC)c(C=CC(=O)OC(C)(C)C)c1OCCC. The molecule has 1 aromatic carbocycles. The number of hydrogen-bond acceptors (Lipinski definition) is 6. The van der Waals surface area contributed by atoms with E-state index in [0.29, 0.717) is 55.0 Å². The topological polar surface area (TPSA) is 63.2 Å². The van der Waals surface area contributed by atoms with Gasteiger partial charge in [0.1, 0.15) is 5.60 Å². The summed E-state index contributed by atoms with van der Waals surface area (Å²) in [6.45, 7) is 15.8. The van der Waals surface area contributed by atoms with Crippen LogP contribution < -0.4 is 18.9 Å². The number of carbonyl (C=O) groups is 1. The largest absolute Gasteiger partial charge is 0.490 e. The van der Waals surface area contributed by atoms with Crippen LogP contribution in [0.4, 0.5) is 0 Å². The molecule has 0 radical (unpaired) electrons. The Hall–Kier alpha value is -2.37. The van der Waals surface area contributed by atoms with Gasteiger partial charge < -0.3 is 23.7 Å². The monoisotopic (exact) mass is 436 g/mol. The molecular weight excluding hydrogens is 396 g/mol. The third kappa shape index (κ3) is 9.53. The maximum Gasteiger partial charge on any atom is 0.331 e. The minimum absolute atomic E-state index is 0.439. The van der Waals surface area contributed by atoms with Crippen LogP contribution in [-0.2, 0) is 9.53 Å². The molecule has 0 saturated carbocycles. The molecule has 0 N–H and O–H groups in total. The van der Waals surface area contributed by atoms with E-state index >= 15 is 0 Å². The van der Waals surface area contributed by atoms with Crippen molar-refractivity contribution in [3.8, 4) is 23.0 Å². The lowest BCUT2D eigenvalue weighted by atomic mass is 10.1. The maximum atomic E-state index is 12.3. The molecule has 0 bridgehead atoms. The van der Waals surface area contributed by atoms with E-state index in [1.165, 1.54) is 6.08 Å². The number of rotatable bonds is 14. The molecule has 0 saturated heterocycles. The molecule has 0 heterocycles. The highest BCUT2D eigenvalue weighted by atomic mass is 16.6. The zero-order valence-electron chi connectivity index (χ0n) is 20.3. The van der Waals surface area contributed by atoms with Crippen LogP contribution in [0.2, 0.25) is 0 Å². The summed E-state index contributed by atoms with van der Waals surface area (Å²) < 4.78 is 29.5. The maximum absolute atomic E-state index is 12.3. The summed E-state index contributed by atoms with van der Waals surface area (Å²) in [6.07, 6.45) is 6.45. The van der Waals surface area contributed by atoms with E-state index in [1.54, 1.807) is 6.08 Å². The van der Waals surface area contributed by atoms with Crippen LogP contribution in [0, 0.1) is 0 Å². The van der Waals surface area contributed by atoms with E-state index in [4.69, 9.17) is 23.7 Å². The zero-order valence-corrected chi connectivity index (χ0v) is 20.3. The van der Waals surface area contributed by atoms with E-state index in [0.717, 1.165) is 25.7 Å². The van der Waals surface area contributed by atoms with Gasteiger partial charge in [0, 0.05) is 12.1 Å². The van der Waals surface area contributed by atoms with Crippen LogP contribution in [0.3, 0.4) is 0 Å². The average molecular weight is 437 g/mol. The van der Waals surface area contributed by atoms with Crippen molar-refractivity contribution in [3.05, 3.63) is 17.7 Å². The van der Waals surface area contributed by atoms with E-state index < -0.39 is 11.6 Å². The van der Waals surface area contributed by atoms with Crippen LogP contribution in [0.1, 0.15) is 79.7 Å². The Balaban J connectivity index is 3.57. The van der Waals surface area contributed by atoms with Gasteiger partial charge >= 0.3 is 5.97 Å². The molecule has 0 amide bonds. The highest BCUT2D eigenvalue weighted by Gasteiger charge is 2.22. The fourth-order valence-electron chi connectivity index (χ4n) is 2.60. The van der Waals surface area contributed by atoms with Crippen molar-refractivity contribution in [1.82, 2.24) is 0 Å². The predicted molar refractivity (Wildman–Crippen MR) is 124 cm³/mol. The molecular formula is C25H40O6. The van der Waals surface area contributed by atoms with E-state index in [-0.39, 0.29) is 0 Å². The Morgan fingerprint density at radius 1 is 0.774 bits per heavy atom. The molecule has 0 atom stereocenters. The first kappa shape index (κ1) is 26.7. The molecule has 0 aliphatic heterocycles. The van der Waals surface area contributed by atoms with Crippen molar-refractivity contribution in [1.29, 1.82) is 0 Å². The average Bonchev–Trinajstić information content (AvgIpc) is 2.71. The molecule has 6 heteroatoms. The highest BCUT2D eigenvalue weighted by Crippen LogP contribution is 2.46. The second kappa shape index (κ2) is 13.8. The van der Waals surface area contributed by atoms with Gasteiger partial charge in [-0.15, -0.1) is 0 Å². The van der Waals surface area contributed by atoms with Crippen molar-refractivity contribution >= 4 is 12.0 Å². The van der Waals surface area contributed by atoms with Crippen LogP contribution in [0.25, 0.3) is 6.08 Å². The van der Waals surface area contributed by atoms with E-state index in [1.807, 2.05) is 54.5 Å². The first-order valence-corrected chi connectivity index (χ1v) is 11.4. The van der Waals surface area contributed by atoms with Gasteiger partial charge in [0.2, 0.25) is 0 Å². The number of hydrogen-bond donors (Lipinski definition) is 0. The number of esters is 1. The third-order valence-corrected chi connectivity index (χ3v) is 3.82. The summed E-state index contributed by atoms with van der Waals surface area (Å²) >= 11 is 0. The molecule has 0 aromatic heterocycles. The zero-order chi connectivity index (χ0) is 23.3. The van der Waals surface area contributed by atoms with Crippen molar-refractivity contribution in [2.45, 2.75) is 79.8 Å². The minimum atomic E-state index is -0.577. The van der Waals surface area contributed by atoms with Gasteiger partial charge in [0.05, 0.1) is 32.0 Å². The minimum Gasteiger partial charge on any atom is -0.490 e. The molecule has 176 valence electrons. The van der Waals surface area contributed by atoms with Crippen LogP contribution in [0.15, 0.2) is 12.1 Å². The summed E-state index contributed by atoms with van der Waals surface area (Å²) in [5, 5.41) is 0. The summed E-state index contributed by atoms with van der Waals surface area (Å²) in [4.78, 5) is 12.3. The lowest BCUT2D eigenvalue weighted by Gasteiger charge is -2.21. The van der Waals surface area contributed by atoms with Gasteiger partial charge in [0.15, 0.2) is 23.0 Å². The molecule has 31 heavy (non-hydrogen) atoms. The Bertz CT molecular complexity index is 665. The molecule has 1 rings (SSSR count). The lowest BCUT2D eigenvalue weighted by molar-refractivity contribution is -0.148. The fraction of sp³-hybridized carbons (Fsp3) is 0.640. The van der Waals surface area contributed by atoms with Crippen LogP contribution in [0.5, 0.6) is 23.0 Å². The quantitative estimate of drug-likeness (QED) is 0.256. The van der Waals surface area contributed by atoms with Gasteiger partial charge in [-0.2, -0.15) is 0 Å². The second-order valence-corrected chi connectivity index (χ2v) is 8.21. The normalized spacial score (nSPS) is 11.5. The molecule has 1 aromatic rings. The molecule has 0 aliphatic carbocycles. The van der Waals surface area contributed by atoms with Crippen molar-refractivity contribution in [2.75, 3.05) is 26.4 Å². The molecule has 0 unspecified atom stereocenters. The van der Waals surface area contributed by atoms with E-state index in [2.05, 4.69) is 0 Å². The van der Waals surface area contributed by atoms with Gasteiger partial charge in [0.25, 0.3) is 0 Å². The van der Waals surface area contributed by atoms with Gasteiger partial charge in [-0.1, -0.05) is 27.7 Å². The van der Waals surface area contributed by atoms with Gasteiger partial charge in [-0.25, -0.2) is 4.79 Å². The number of ether oxygens (including phenoxy) is 5. The van der Waals surface area contributed by atoms with Crippen molar-refractivity contribution in [2.24, 2.45) is 0 Å². The van der Waals surface area contributed by atoms with Crippen LogP contribution >= 0.6 is 0 Å². The Morgan fingerprint density at radius 2 is 1.19 bits per heavy atom. The van der Waals surface area contributed by atoms with Gasteiger partial charge in [-0.3, -0.25) is 0 Å². The number of carbonyl (C=O) groups excluding carboxylic acids is 1.